The molecule has 0 spiro atoms. The SMILES string of the molecule is CC(=O)CCC(=O)Nc1cnoc1. The molecule has 0 aliphatic carbocycles. The molecule has 0 saturated carbocycles. The van der Waals surface area contributed by atoms with Crippen LogP contribution in [0, 0.1) is 0 Å². The van der Waals surface area contributed by atoms with Gasteiger partial charge in [0.05, 0.1) is 6.20 Å². The zero-order chi connectivity index (χ0) is 9.68. The smallest absolute Gasteiger partial charge is 0.224 e. The molecule has 70 valence electrons. The summed E-state index contributed by atoms with van der Waals surface area (Å²) in [4.78, 5) is 21.6. The topological polar surface area (TPSA) is 72.2 Å². The number of rotatable bonds is 4. The summed E-state index contributed by atoms with van der Waals surface area (Å²) >= 11 is 0. The van der Waals surface area contributed by atoms with E-state index in [1.54, 1.807) is 0 Å². The third-order valence-electron chi connectivity index (χ3n) is 1.42. The average Bonchev–Trinajstić information content (AvgIpc) is 2.53. The number of ketones is 1. The van der Waals surface area contributed by atoms with Gasteiger partial charge >= 0.3 is 0 Å². The van der Waals surface area contributed by atoms with E-state index in [-0.39, 0.29) is 24.5 Å². The van der Waals surface area contributed by atoms with E-state index in [4.69, 9.17) is 0 Å². The van der Waals surface area contributed by atoms with Crippen LogP contribution >= 0.6 is 0 Å². The van der Waals surface area contributed by atoms with Gasteiger partial charge in [-0.05, 0) is 6.92 Å². The number of hydrogen-bond donors (Lipinski definition) is 1. The number of carbonyl (C=O) groups is 2. The molecule has 13 heavy (non-hydrogen) atoms. The largest absolute Gasteiger partial charge is 0.363 e. The normalized spacial score (nSPS) is 9.62. The van der Waals surface area contributed by atoms with E-state index in [1.165, 1.54) is 19.4 Å². The predicted molar refractivity (Wildman–Crippen MR) is 45.0 cm³/mol. The summed E-state index contributed by atoms with van der Waals surface area (Å²) in [6, 6.07) is 0. The zero-order valence-electron chi connectivity index (χ0n) is 7.24. The molecular weight excluding hydrogens is 172 g/mol. The molecule has 1 aromatic heterocycles. The highest BCUT2D eigenvalue weighted by atomic mass is 16.5. The first kappa shape index (κ1) is 9.44. The molecule has 0 fully saturated rings. The Bertz CT molecular complexity index is 292. The van der Waals surface area contributed by atoms with E-state index in [2.05, 4.69) is 15.0 Å². The Kier molecular flexibility index (Phi) is 3.19. The molecule has 5 heteroatoms. The third-order valence-corrected chi connectivity index (χ3v) is 1.42. The Hall–Kier alpha value is -1.65. The van der Waals surface area contributed by atoms with Crippen molar-refractivity contribution in [2.24, 2.45) is 0 Å². The molecule has 5 nitrogen and oxygen atoms in total. The number of amides is 1. The van der Waals surface area contributed by atoms with Gasteiger partial charge in [0.1, 0.15) is 17.7 Å². The van der Waals surface area contributed by atoms with Crippen LogP contribution in [-0.4, -0.2) is 16.8 Å². The van der Waals surface area contributed by atoms with Crippen LogP contribution in [0.4, 0.5) is 5.69 Å². The Balaban J connectivity index is 2.30. The van der Waals surface area contributed by atoms with E-state index in [9.17, 15) is 9.59 Å². The summed E-state index contributed by atoms with van der Waals surface area (Å²) in [5.74, 6) is -0.209. The Morgan fingerprint density at radius 3 is 2.85 bits per heavy atom. The van der Waals surface area contributed by atoms with Crippen molar-refractivity contribution in [2.75, 3.05) is 5.32 Å². The van der Waals surface area contributed by atoms with Crippen LogP contribution in [0.1, 0.15) is 19.8 Å². The highest BCUT2D eigenvalue weighted by Crippen LogP contribution is 2.04. The van der Waals surface area contributed by atoms with E-state index in [0.29, 0.717) is 5.69 Å². The highest BCUT2D eigenvalue weighted by molar-refractivity contribution is 5.92. The van der Waals surface area contributed by atoms with Crippen LogP contribution in [0.15, 0.2) is 17.0 Å². The molecule has 0 bridgehead atoms. The second kappa shape index (κ2) is 4.39. The van der Waals surface area contributed by atoms with Crippen LogP contribution in [0.2, 0.25) is 0 Å². The summed E-state index contributed by atoms with van der Waals surface area (Å²) < 4.78 is 4.51. The van der Waals surface area contributed by atoms with Crippen molar-refractivity contribution in [3.8, 4) is 0 Å². The van der Waals surface area contributed by atoms with Crippen LogP contribution in [0.5, 0.6) is 0 Å². The van der Waals surface area contributed by atoms with Crippen molar-refractivity contribution in [2.45, 2.75) is 19.8 Å². The average molecular weight is 182 g/mol. The number of nitrogens with zero attached hydrogens (tertiary/aromatic N) is 1. The lowest BCUT2D eigenvalue weighted by molar-refractivity contribution is -0.121. The second-order valence-corrected chi connectivity index (χ2v) is 2.66. The van der Waals surface area contributed by atoms with E-state index in [0.717, 1.165) is 0 Å². The standard InChI is InChI=1S/C8H10N2O3/c1-6(11)2-3-8(12)10-7-4-9-13-5-7/h4-5H,2-3H2,1H3,(H,10,12). The maximum Gasteiger partial charge on any atom is 0.224 e. The van der Waals surface area contributed by atoms with E-state index >= 15 is 0 Å². The number of Topliss-reactive ketones (excluding diaryl/α,β-unsaturated/α-hetero) is 1. The maximum absolute atomic E-state index is 11.1. The molecule has 1 amide bonds. The predicted octanol–water partition coefficient (Wildman–Crippen LogP) is 0.982. The first-order valence-corrected chi connectivity index (χ1v) is 3.87. The maximum atomic E-state index is 11.1. The zero-order valence-corrected chi connectivity index (χ0v) is 7.24. The molecule has 0 saturated heterocycles. The van der Waals surface area contributed by atoms with E-state index < -0.39 is 0 Å². The lowest BCUT2D eigenvalue weighted by atomic mass is 10.2. The van der Waals surface area contributed by atoms with E-state index in [1.807, 2.05) is 0 Å². The first-order chi connectivity index (χ1) is 6.18. The summed E-state index contributed by atoms with van der Waals surface area (Å²) in [7, 11) is 0. The summed E-state index contributed by atoms with van der Waals surface area (Å²) in [6.45, 7) is 1.45. The van der Waals surface area contributed by atoms with Gasteiger partial charge in [-0.25, -0.2) is 0 Å². The van der Waals surface area contributed by atoms with Gasteiger partial charge in [0.15, 0.2) is 0 Å². The minimum atomic E-state index is -0.210. The van der Waals surface area contributed by atoms with Crippen LogP contribution in [0.3, 0.4) is 0 Å². The molecule has 0 aliphatic rings. The molecule has 1 rings (SSSR count). The Labute approximate surface area is 75.1 Å². The van der Waals surface area contributed by atoms with Gasteiger partial charge in [0, 0.05) is 12.8 Å². The number of aromatic nitrogens is 1. The molecule has 1 N–H and O–H groups in total. The van der Waals surface area contributed by atoms with Crippen molar-refractivity contribution in [1.82, 2.24) is 5.16 Å². The van der Waals surface area contributed by atoms with Crippen LogP contribution < -0.4 is 5.32 Å². The van der Waals surface area contributed by atoms with Gasteiger partial charge in [-0.1, -0.05) is 5.16 Å². The van der Waals surface area contributed by atoms with Crippen molar-refractivity contribution >= 4 is 17.4 Å². The summed E-state index contributed by atoms with van der Waals surface area (Å²) in [5, 5.41) is 5.94. The molecule has 0 unspecified atom stereocenters. The monoisotopic (exact) mass is 182 g/mol. The molecule has 0 radical (unpaired) electrons. The van der Waals surface area contributed by atoms with Gasteiger partial charge in [-0.3, -0.25) is 4.79 Å². The quantitative estimate of drug-likeness (QED) is 0.753. The fourth-order valence-electron chi connectivity index (χ4n) is 0.780. The lowest BCUT2D eigenvalue weighted by Crippen LogP contribution is -2.11. The fraction of sp³-hybridized carbons (Fsp3) is 0.375. The highest BCUT2D eigenvalue weighted by Gasteiger charge is 2.04. The van der Waals surface area contributed by atoms with Crippen molar-refractivity contribution in [3.05, 3.63) is 12.5 Å². The Morgan fingerprint density at radius 1 is 1.54 bits per heavy atom. The number of hydrogen-bond acceptors (Lipinski definition) is 4. The Morgan fingerprint density at radius 2 is 2.31 bits per heavy atom. The van der Waals surface area contributed by atoms with Gasteiger partial charge in [0.25, 0.3) is 0 Å². The van der Waals surface area contributed by atoms with Gasteiger partial charge < -0.3 is 14.6 Å². The first-order valence-electron chi connectivity index (χ1n) is 3.87. The summed E-state index contributed by atoms with van der Waals surface area (Å²) in [5.41, 5.74) is 0.508. The molecular formula is C8H10N2O3. The second-order valence-electron chi connectivity index (χ2n) is 2.66. The van der Waals surface area contributed by atoms with Crippen LogP contribution in [0.25, 0.3) is 0 Å². The molecule has 0 aliphatic heterocycles. The van der Waals surface area contributed by atoms with Gasteiger partial charge in [-0.15, -0.1) is 0 Å². The molecule has 1 heterocycles. The minimum Gasteiger partial charge on any atom is -0.363 e. The number of carbonyl (C=O) groups excluding carboxylic acids is 2. The molecule has 1 aromatic rings. The third kappa shape index (κ3) is 3.50. The van der Waals surface area contributed by atoms with Gasteiger partial charge in [0.2, 0.25) is 5.91 Å². The summed E-state index contributed by atoms with van der Waals surface area (Å²) in [6.07, 6.45) is 3.18. The van der Waals surface area contributed by atoms with Gasteiger partial charge in [-0.2, -0.15) is 0 Å². The number of anilines is 1. The van der Waals surface area contributed by atoms with Crippen molar-refractivity contribution in [3.63, 3.8) is 0 Å². The fourth-order valence-corrected chi connectivity index (χ4v) is 0.780. The van der Waals surface area contributed by atoms with Crippen LogP contribution in [-0.2, 0) is 9.59 Å². The van der Waals surface area contributed by atoms with Crippen molar-refractivity contribution in [1.29, 1.82) is 0 Å². The lowest BCUT2D eigenvalue weighted by Gasteiger charge is -1.98. The molecule has 0 atom stereocenters. The minimum absolute atomic E-state index is 0.000434. The number of nitrogens with one attached hydrogen (secondary N) is 1. The van der Waals surface area contributed by atoms with Crippen molar-refractivity contribution < 1.29 is 14.1 Å². The molecule has 0 aromatic carbocycles.